The number of hydrogen-bond acceptors (Lipinski definition) is 0. The van der Waals surface area contributed by atoms with E-state index in [2.05, 4.69) is 34.6 Å². The third-order valence-corrected chi connectivity index (χ3v) is 7.19. The minimum atomic E-state index is -0.331. The molecule has 0 aromatic heterocycles. The van der Waals surface area contributed by atoms with Gasteiger partial charge in [-0.1, -0.05) is 75.6 Å². The summed E-state index contributed by atoms with van der Waals surface area (Å²) >= 11 is -0.331. The van der Waals surface area contributed by atoms with Gasteiger partial charge in [0.05, 0.1) is 0 Å². The highest BCUT2D eigenvalue weighted by Crippen LogP contribution is 2.23. The molecule has 0 fully saturated rings. The van der Waals surface area contributed by atoms with Crippen molar-refractivity contribution in [2.45, 2.75) is 69.7 Å². The molecule has 1 atom stereocenters. The SMILES string of the molecule is CC[C@H](CCC(C)C)[CH2][Al]([CH2]C)[CH2]C. The van der Waals surface area contributed by atoms with Crippen molar-refractivity contribution in [3.63, 3.8) is 0 Å². The molecule has 0 unspecified atom stereocenters. The van der Waals surface area contributed by atoms with Crippen LogP contribution in [-0.2, 0) is 0 Å². The first-order chi connectivity index (χ1) is 6.63. The first kappa shape index (κ1) is 14.5. The molecule has 0 aromatic carbocycles. The lowest BCUT2D eigenvalue weighted by molar-refractivity contribution is 0.438. The molecule has 0 nitrogen and oxygen atoms in total. The first-order valence-electron chi connectivity index (χ1n) is 6.63. The lowest BCUT2D eigenvalue weighted by Crippen LogP contribution is -2.15. The maximum absolute atomic E-state index is 2.40. The largest absolute Gasteiger partial charge is 0.261 e. The number of rotatable bonds is 8. The predicted molar refractivity (Wildman–Crippen MR) is 69.4 cm³/mol. The zero-order chi connectivity index (χ0) is 11.0. The van der Waals surface area contributed by atoms with Crippen LogP contribution in [0.1, 0.15) is 53.9 Å². The van der Waals surface area contributed by atoms with Gasteiger partial charge in [-0.25, -0.2) is 0 Å². The van der Waals surface area contributed by atoms with Crippen LogP contribution in [0, 0.1) is 11.8 Å². The van der Waals surface area contributed by atoms with Crippen molar-refractivity contribution >= 4 is 14.1 Å². The van der Waals surface area contributed by atoms with E-state index in [0.717, 1.165) is 11.8 Å². The van der Waals surface area contributed by atoms with Gasteiger partial charge in [0.2, 0.25) is 0 Å². The summed E-state index contributed by atoms with van der Waals surface area (Å²) in [7, 11) is 0. The molecule has 0 aromatic rings. The van der Waals surface area contributed by atoms with Crippen LogP contribution >= 0.6 is 0 Å². The summed E-state index contributed by atoms with van der Waals surface area (Å²) in [5.74, 6) is 1.95. The van der Waals surface area contributed by atoms with Gasteiger partial charge in [-0.05, 0) is 5.92 Å². The van der Waals surface area contributed by atoms with Crippen molar-refractivity contribution in [2.24, 2.45) is 11.8 Å². The van der Waals surface area contributed by atoms with Crippen LogP contribution in [0.25, 0.3) is 0 Å². The maximum Gasteiger partial charge on any atom is 0.261 e. The molecule has 0 N–H and O–H groups in total. The Morgan fingerprint density at radius 1 is 0.929 bits per heavy atom. The smallest absolute Gasteiger partial charge is 0.0967 e. The summed E-state index contributed by atoms with van der Waals surface area (Å²) in [6.07, 6.45) is 4.33. The van der Waals surface area contributed by atoms with Crippen molar-refractivity contribution < 1.29 is 0 Å². The highest BCUT2D eigenvalue weighted by atomic mass is 27.2. The van der Waals surface area contributed by atoms with Gasteiger partial charge in [0.25, 0.3) is 14.1 Å². The quantitative estimate of drug-likeness (QED) is 0.498. The Morgan fingerprint density at radius 2 is 1.50 bits per heavy atom. The predicted octanol–water partition coefficient (Wildman–Crippen LogP) is 4.98. The van der Waals surface area contributed by atoms with E-state index >= 15 is 0 Å². The van der Waals surface area contributed by atoms with Crippen LogP contribution in [0.3, 0.4) is 0 Å². The van der Waals surface area contributed by atoms with E-state index in [-0.39, 0.29) is 14.1 Å². The average molecular weight is 212 g/mol. The molecule has 0 amide bonds. The Bertz CT molecular complexity index is 116. The van der Waals surface area contributed by atoms with Crippen molar-refractivity contribution in [2.75, 3.05) is 0 Å². The van der Waals surface area contributed by atoms with Gasteiger partial charge in [-0.15, -0.1) is 0 Å². The summed E-state index contributed by atoms with van der Waals surface area (Å²) in [4.78, 5) is 0. The maximum atomic E-state index is 2.40. The van der Waals surface area contributed by atoms with E-state index in [0.29, 0.717) is 0 Å². The molecule has 0 aliphatic rings. The molecule has 14 heavy (non-hydrogen) atoms. The minimum Gasteiger partial charge on any atom is -0.0967 e. The normalized spacial score (nSPS) is 13.3. The van der Waals surface area contributed by atoms with E-state index in [1.54, 1.807) is 5.28 Å². The Labute approximate surface area is 95.9 Å². The molecular weight excluding hydrogens is 183 g/mol. The lowest BCUT2D eigenvalue weighted by atomic mass is 9.97. The van der Waals surface area contributed by atoms with Crippen LogP contribution < -0.4 is 0 Å². The minimum absolute atomic E-state index is 0.331. The van der Waals surface area contributed by atoms with Crippen LogP contribution in [0.4, 0.5) is 0 Å². The fourth-order valence-electron chi connectivity index (χ4n) is 2.15. The van der Waals surface area contributed by atoms with Crippen molar-refractivity contribution in [1.82, 2.24) is 0 Å². The van der Waals surface area contributed by atoms with Gasteiger partial charge in [0.1, 0.15) is 0 Å². The Hall–Kier alpha value is 0.532. The standard InChI is InChI=1S/C9H19.2C2H5.Al/c1-5-9(4)7-6-8(2)3;2*1-2;/h8-9H,4-7H2,1-3H3;2*1H2,2H3;/t9-;;;/m1.../s1. The topological polar surface area (TPSA) is 0 Å². The molecule has 0 rings (SSSR count). The van der Waals surface area contributed by atoms with Crippen molar-refractivity contribution in [3.8, 4) is 0 Å². The monoisotopic (exact) mass is 212 g/mol. The summed E-state index contributed by atoms with van der Waals surface area (Å²) in [5.41, 5.74) is 0. The summed E-state index contributed by atoms with van der Waals surface area (Å²) in [6, 6.07) is 0. The van der Waals surface area contributed by atoms with Crippen molar-refractivity contribution in [3.05, 3.63) is 0 Å². The molecule has 0 aliphatic heterocycles. The van der Waals surface area contributed by atoms with Crippen LogP contribution in [0.15, 0.2) is 0 Å². The second-order valence-electron chi connectivity index (χ2n) is 5.16. The van der Waals surface area contributed by atoms with Gasteiger partial charge in [-0.2, -0.15) is 0 Å². The van der Waals surface area contributed by atoms with Gasteiger partial charge >= 0.3 is 0 Å². The van der Waals surface area contributed by atoms with Gasteiger partial charge < -0.3 is 0 Å². The molecular formula is C13H29Al. The van der Waals surface area contributed by atoms with Gasteiger partial charge in [-0.3, -0.25) is 0 Å². The zero-order valence-corrected chi connectivity index (χ0v) is 12.1. The Balaban J connectivity index is 3.76. The third-order valence-electron chi connectivity index (χ3n) is 3.55. The fourth-order valence-corrected chi connectivity index (χ4v) is 4.91. The summed E-state index contributed by atoms with van der Waals surface area (Å²) in [6.45, 7) is 11.9. The highest BCUT2D eigenvalue weighted by molar-refractivity contribution is 6.58. The van der Waals surface area contributed by atoms with Gasteiger partial charge in [0.15, 0.2) is 0 Å². The van der Waals surface area contributed by atoms with E-state index in [4.69, 9.17) is 0 Å². The van der Waals surface area contributed by atoms with Crippen LogP contribution in [0.2, 0.25) is 15.8 Å². The molecule has 0 heterocycles. The molecule has 0 saturated carbocycles. The molecule has 0 saturated heterocycles. The van der Waals surface area contributed by atoms with Crippen molar-refractivity contribution in [1.29, 1.82) is 0 Å². The molecule has 1 heteroatoms. The highest BCUT2D eigenvalue weighted by Gasteiger charge is 2.17. The average Bonchev–Trinajstić information content (AvgIpc) is 2.18. The zero-order valence-electron chi connectivity index (χ0n) is 11.0. The molecule has 0 bridgehead atoms. The van der Waals surface area contributed by atoms with E-state index in [1.165, 1.54) is 29.8 Å². The molecule has 0 radical (unpaired) electrons. The number of hydrogen-bond donors (Lipinski definition) is 0. The Kier molecular flexibility index (Phi) is 9.14. The summed E-state index contributed by atoms with van der Waals surface area (Å²) < 4.78 is 0. The van der Waals surface area contributed by atoms with Crippen LogP contribution in [-0.4, -0.2) is 14.1 Å². The third kappa shape index (κ3) is 6.91. The van der Waals surface area contributed by atoms with E-state index in [9.17, 15) is 0 Å². The van der Waals surface area contributed by atoms with Gasteiger partial charge in [0, 0.05) is 0 Å². The molecule has 0 spiro atoms. The second kappa shape index (κ2) is 8.81. The lowest BCUT2D eigenvalue weighted by Gasteiger charge is -2.18. The van der Waals surface area contributed by atoms with E-state index < -0.39 is 0 Å². The second-order valence-corrected chi connectivity index (χ2v) is 9.00. The first-order valence-corrected chi connectivity index (χ1v) is 9.08. The summed E-state index contributed by atoms with van der Waals surface area (Å²) in [5, 5.41) is 4.62. The Morgan fingerprint density at radius 3 is 1.86 bits per heavy atom. The molecule has 0 aliphatic carbocycles. The van der Waals surface area contributed by atoms with Crippen LogP contribution in [0.5, 0.6) is 0 Å². The fraction of sp³-hybridized carbons (Fsp3) is 1.00. The van der Waals surface area contributed by atoms with E-state index in [1.807, 2.05) is 0 Å². The molecule has 84 valence electrons.